The number of methoxy groups -OCH3 is 1. The molecule has 0 bridgehead atoms. The molecule has 0 saturated carbocycles. The number of amides is 2. The van der Waals surface area contributed by atoms with Crippen molar-refractivity contribution in [2.75, 3.05) is 19.5 Å². The maximum absolute atomic E-state index is 13.3. The van der Waals surface area contributed by atoms with E-state index in [1.54, 1.807) is 31.2 Å². The summed E-state index contributed by atoms with van der Waals surface area (Å²) >= 11 is 16.3. The van der Waals surface area contributed by atoms with Gasteiger partial charge in [-0.25, -0.2) is 24.9 Å². The van der Waals surface area contributed by atoms with Gasteiger partial charge in [-0.1, -0.05) is 27.5 Å². The molecule has 1 aromatic carbocycles. The lowest BCUT2D eigenvalue weighted by molar-refractivity contribution is 0.0841. The first-order valence-corrected chi connectivity index (χ1v) is 12.6. The number of carbonyl (C=O) groups excluding carboxylic acids is 3. The summed E-state index contributed by atoms with van der Waals surface area (Å²) in [5, 5.41) is 8.39. The topological polar surface area (TPSA) is 118 Å². The first-order valence-electron chi connectivity index (χ1n) is 9.82. The molecule has 0 aliphatic rings. The van der Waals surface area contributed by atoms with E-state index in [4.69, 9.17) is 11.6 Å². The zero-order chi connectivity index (χ0) is 25.9. The summed E-state index contributed by atoms with van der Waals surface area (Å²) < 4.78 is 7.38. The molecular formula is C21H18Br3ClN6O4. The summed E-state index contributed by atoms with van der Waals surface area (Å²) in [6, 6.07) is 7.22. The SMILES string of the molecule is COC(=O)N(C)NC(C)C(=O)c1cc(Br)cc(Br)c1NC(=O)c1cc(Br)nn1-c1ncccc1Cl. The average molecular weight is 694 g/mol. The Kier molecular flexibility index (Phi) is 9.05. The van der Waals surface area contributed by atoms with E-state index in [2.05, 4.69) is 73.4 Å². The number of rotatable bonds is 7. The summed E-state index contributed by atoms with van der Waals surface area (Å²) in [4.78, 5) is 42.5. The average Bonchev–Trinajstić information content (AvgIpc) is 3.21. The second-order valence-corrected chi connectivity index (χ2v) is 10.1. The van der Waals surface area contributed by atoms with Gasteiger partial charge in [-0.2, -0.15) is 5.10 Å². The number of hydrogen-bond donors (Lipinski definition) is 2. The molecule has 14 heteroatoms. The zero-order valence-corrected chi connectivity index (χ0v) is 24.0. The first kappa shape index (κ1) is 27.3. The number of ether oxygens (including phenoxy) is 1. The van der Waals surface area contributed by atoms with E-state index in [1.807, 2.05) is 0 Å². The highest BCUT2D eigenvalue weighted by Crippen LogP contribution is 2.32. The molecule has 0 aliphatic heterocycles. The maximum Gasteiger partial charge on any atom is 0.423 e. The minimum absolute atomic E-state index is 0.127. The third kappa shape index (κ3) is 6.28. The van der Waals surface area contributed by atoms with Crippen LogP contribution in [0, 0.1) is 0 Å². The molecule has 0 radical (unpaired) electrons. The molecule has 10 nitrogen and oxygen atoms in total. The van der Waals surface area contributed by atoms with Gasteiger partial charge in [0.05, 0.1) is 23.9 Å². The standard InChI is InChI=1S/C21H18Br3ClN6O4/c1-10(28-30(2)21(34)35-3)18(32)12-7-11(22)8-13(23)17(12)27-20(33)15-9-16(24)29-31(15)19-14(25)5-4-6-26-19/h4-10,28H,1-3H3,(H,27,33). The van der Waals surface area contributed by atoms with Crippen molar-refractivity contribution in [2.24, 2.45) is 0 Å². The van der Waals surface area contributed by atoms with Gasteiger partial charge in [0, 0.05) is 33.8 Å². The fourth-order valence-electron chi connectivity index (χ4n) is 3.05. The molecular weight excluding hydrogens is 675 g/mol. The highest BCUT2D eigenvalue weighted by atomic mass is 79.9. The van der Waals surface area contributed by atoms with Gasteiger partial charge < -0.3 is 10.1 Å². The van der Waals surface area contributed by atoms with Gasteiger partial charge in [-0.15, -0.1) is 0 Å². The molecule has 0 fully saturated rings. The number of ketones is 1. The summed E-state index contributed by atoms with van der Waals surface area (Å²) in [5.74, 6) is -0.686. The fraction of sp³-hybridized carbons (Fsp3) is 0.190. The van der Waals surface area contributed by atoms with Crippen LogP contribution >= 0.6 is 59.4 Å². The molecule has 3 aromatic rings. The number of Topliss-reactive ketones (excluding diaryl/α,β-unsaturated/α-hetero) is 1. The lowest BCUT2D eigenvalue weighted by Crippen LogP contribution is -2.47. The van der Waals surface area contributed by atoms with Crippen LogP contribution in [0.15, 0.2) is 50.1 Å². The minimum Gasteiger partial charge on any atom is -0.452 e. The molecule has 0 spiro atoms. The van der Waals surface area contributed by atoms with Crippen LogP contribution in [0.3, 0.4) is 0 Å². The summed E-state index contributed by atoms with van der Waals surface area (Å²) in [6.07, 6.45) is 0.862. The predicted molar refractivity (Wildman–Crippen MR) is 141 cm³/mol. The first-order chi connectivity index (χ1) is 16.5. The van der Waals surface area contributed by atoms with E-state index in [9.17, 15) is 14.4 Å². The molecule has 0 aliphatic carbocycles. The predicted octanol–water partition coefficient (Wildman–Crippen LogP) is 5.23. The Morgan fingerprint density at radius 3 is 2.57 bits per heavy atom. The van der Waals surface area contributed by atoms with Crippen molar-refractivity contribution in [1.82, 2.24) is 25.2 Å². The number of nitrogens with zero attached hydrogens (tertiary/aromatic N) is 4. The van der Waals surface area contributed by atoms with Crippen molar-refractivity contribution in [3.63, 3.8) is 0 Å². The van der Waals surface area contributed by atoms with Crippen LogP contribution in [-0.2, 0) is 4.74 Å². The van der Waals surface area contributed by atoms with E-state index in [0.717, 1.165) is 5.01 Å². The third-order valence-electron chi connectivity index (χ3n) is 4.64. The number of nitrogens with one attached hydrogen (secondary N) is 2. The molecule has 0 saturated heterocycles. The largest absolute Gasteiger partial charge is 0.452 e. The van der Waals surface area contributed by atoms with Crippen molar-refractivity contribution in [3.8, 4) is 5.82 Å². The van der Waals surface area contributed by atoms with Gasteiger partial charge in [-0.3, -0.25) is 9.59 Å². The highest BCUT2D eigenvalue weighted by molar-refractivity contribution is 9.11. The summed E-state index contributed by atoms with van der Waals surface area (Å²) in [6.45, 7) is 1.58. The lowest BCUT2D eigenvalue weighted by atomic mass is 10.0. The molecule has 35 heavy (non-hydrogen) atoms. The number of halogens is 4. The maximum atomic E-state index is 13.3. The molecule has 3 rings (SSSR count). The Bertz CT molecular complexity index is 1300. The molecule has 2 heterocycles. The van der Waals surface area contributed by atoms with Crippen LogP contribution < -0.4 is 10.7 Å². The number of benzene rings is 1. The molecule has 2 amide bonds. The fourth-order valence-corrected chi connectivity index (χ4v) is 4.95. The monoisotopic (exact) mass is 690 g/mol. The van der Waals surface area contributed by atoms with Crippen LogP contribution in [0.4, 0.5) is 10.5 Å². The number of pyridine rings is 1. The molecule has 1 unspecified atom stereocenters. The quantitative estimate of drug-likeness (QED) is 0.257. The molecule has 1 atom stereocenters. The van der Waals surface area contributed by atoms with Crippen molar-refractivity contribution in [3.05, 3.63) is 66.4 Å². The molecule has 2 N–H and O–H groups in total. The number of anilines is 1. The number of hydrogen-bond acceptors (Lipinski definition) is 7. The third-order valence-corrected chi connectivity index (χ3v) is 6.41. The zero-order valence-electron chi connectivity index (χ0n) is 18.5. The van der Waals surface area contributed by atoms with E-state index < -0.39 is 18.0 Å². The number of carbonyl (C=O) groups is 3. The number of hydrazine groups is 1. The van der Waals surface area contributed by atoms with E-state index in [1.165, 1.54) is 31.1 Å². The van der Waals surface area contributed by atoms with Crippen molar-refractivity contribution in [1.29, 1.82) is 0 Å². The van der Waals surface area contributed by atoms with Gasteiger partial charge in [0.2, 0.25) is 0 Å². The number of aromatic nitrogens is 3. The van der Waals surface area contributed by atoms with Gasteiger partial charge in [-0.05, 0) is 63.0 Å². The summed E-state index contributed by atoms with van der Waals surface area (Å²) in [5.41, 5.74) is 3.29. The smallest absolute Gasteiger partial charge is 0.423 e. The van der Waals surface area contributed by atoms with E-state index >= 15 is 0 Å². The Hall–Kier alpha value is -2.32. The Labute approximate surface area is 230 Å². The second kappa shape index (κ2) is 11.6. The normalized spacial score (nSPS) is 11.6. The van der Waals surface area contributed by atoms with Crippen LogP contribution in [0.25, 0.3) is 5.82 Å². The second-order valence-electron chi connectivity index (χ2n) is 7.08. The van der Waals surface area contributed by atoms with Crippen molar-refractivity contribution >= 4 is 82.9 Å². The van der Waals surface area contributed by atoms with Gasteiger partial charge >= 0.3 is 6.09 Å². The Morgan fingerprint density at radius 2 is 1.91 bits per heavy atom. The van der Waals surface area contributed by atoms with E-state index in [0.29, 0.717) is 18.6 Å². The lowest BCUT2D eigenvalue weighted by Gasteiger charge is -2.22. The van der Waals surface area contributed by atoms with Crippen LogP contribution in [0.5, 0.6) is 0 Å². The Morgan fingerprint density at radius 1 is 1.20 bits per heavy atom. The van der Waals surface area contributed by atoms with Crippen LogP contribution in [-0.4, -0.2) is 57.8 Å². The minimum atomic E-state index is -0.831. The van der Waals surface area contributed by atoms with Crippen molar-refractivity contribution in [2.45, 2.75) is 13.0 Å². The molecule has 2 aromatic heterocycles. The highest BCUT2D eigenvalue weighted by Gasteiger charge is 2.26. The summed E-state index contributed by atoms with van der Waals surface area (Å²) in [7, 11) is 2.66. The van der Waals surface area contributed by atoms with Gasteiger partial charge in [0.1, 0.15) is 10.3 Å². The Balaban J connectivity index is 1.96. The van der Waals surface area contributed by atoms with Crippen LogP contribution in [0.2, 0.25) is 5.02 Å². The van der Waals surface area contributed by atoms with Crippen molar-refractivity contribution < 1.29 is 19.1 Å². The van der Waals surface area contributed by atoms with E-state index in [-0.39, 0.29) is 28.5 Å². The van der Waals surface area contributed by atoms with Crippen LogP contribution in [0.1, 0.15) is 27.8 Å². The van der Waals surface area contributed by atoms with Gasteiger partial charge in [0.15, 0.2) is 11.6 Å². The molecule has 184 valence electrons. The van der Waals surface area contributed by atoms with Gasteiger partial charge in [0.25, 0.3) is 5.91 Å².